The van der Waals surface area contributed by atoms with E-state index in [0.29, 0.717) is 5.54 Å². The van der Waals surface area contributed by atoms with Crippen LogP contribution in [0.4, 0.5) is 0 Å². The van der Waals surface area contributed by atoms with Crippen molar-refractivity contribution < 1.29 is 0 Å². The van der Waals surface area contributed by atoms with Gasteiger partial charge in [0.05, 0.1) is 0 Å². The first-order valence-electron chi connectivity index (χ1n) is 6.84. The molecular weight excluding hydrogens is 216 g/mol. The van der Waals surface area contributed by atoms with Crippen molar-refractivity contribution >= 4 is 11.9 Å². The average Bonchev–Trinajstić information content (AvgIpc) is 3.13. The van der Waals surface area contributed by atoms with Crippen LogP contribution >= 0.6 is 11.9 Å². The topological polar surface area (TPSA) is 6.48 Å². The molecule has 0 spiro atoms. The van der Waals surface area contributed by atoms with Crippen LogP contribution in [0.2, 0.25) is 0 Å². The van der Waals surface area contributed by atoms with E-state index in [9.17, 15) is 0 Å². The molecular formula is C13H26N2S. The summed E-state index contributed by atoms with van der Waals surface area (Å²) in [6, 6.07) is 0. The molecule has 0 atom stereocenters. The summed E-state index contributed by atoms with van der Waals surface area (Å²) in [5.41, 5.74) is 0.441. The molecule has 0 N–H and O–H groups in total. The first kappa shape index (κ1) is 12.7. The van der Waals surface area contributed by atoms with Crippen LogP contribution in [0.5, 0.6) is 0 Å². The lowest BCUT2D eigenvalue weighted by Gasteiger charge is -2.45. The highest BCUT2D eigenvalue weighted by atomic mass is 32.2. The predicted octanol–water partition coefficient (Wildman–Crippen LogP) is 2.99. The molecule has 1 aliphatic heterocycles. The number of piperazine rings is 1. The van der Waals surface area contributed by atoms with Crippen molar-refractivity contribution in [1.82, 2.24) is 9.21 Å². The van der Waals surface area contributed by atoms with Crippen LogP contribution in [0.1, 0.15) is 46.5 Å². The molecule has 2 rings (SSSR count). The molecule has 1 saturated heterocycles. The lowest BCUT2D eigenvalue weighted by molar-refractivity contribution is 0.0624. The number of rotatable bonds is 5. The van der Waals surface area contributed by atoms with Gasteiger partial charge in [-0.15, -0.1) is 0 Å². The number of nitrogens with zero attached hydrogens (tertiary/aromatic N) is 2. The van der Waals surface area contributed by atoms with E-state index in [1.54, 1.807) is 0 Å². The summed E-state index contributed by atoms with van der Waals surface area (Å²) in [6.07, 6.45) is 5.46. The van der Waals surface area contributed by atoms with Crippen LogP contribution in [0.25, 0.3) is 0 Å². The Kier molecular flexibility index (Phi) is 4.20. The van der Waals surface area contributed by atoms with Crippen LogP contribution < -0.4 is 0 Å². The standard InChI is InChI=1S/C13H26N2S/c1-4-13(3,5-2)14-8-10-15(11-9-14)16-12-6-7-12/h12H,4-11H2,1-3H3. The second-order valence-corrected chi connectivity index (χ2v) is 6.82. The Morgan fingerprint density at radius 3 is 2.06 bits per heavy atom. The minimum absolute atomic E-state index is 0.441. The highest BCUT2D eigenvalue weighted by molar-refractivity contribution is 7.97. The van der Waals surface area contributed by atoms with E-state index in [1.807, 2.05) is 0 Å². The Hall–Kier alpha value is 0.270. The van der Waals surface area contributed by atoms with Crippen molar-refractivity contribution in [2.75, 3.05) is 26.2 Å². The maximum atomic E-state index is 2.71. The molecule has 2 aliphatic rings. The number of hydrogen-bond acceptors (Lipinski definition) is 3. The zero-order valence-corrected chi connectivity index (χ0v) is 11.9. The Morgan fingerprint density at radius 1 is 1.06 bits per heavy atom. The Labute approximate surface area is 105 Å². The second-order valence-electron chi connectivity index (χ2n) is 5.42. The van der Waals surface area contributed by atoms with Crippen LogP contribution in [-0.2, 0) is 0 Å². The molecule has 1 aliphatic carbocycles. The zero-order chi connectivity index (χ0) is 11.6. The molecule has 0 aromatic carbocycles. The van der Waals surface area contributed by atoms with Crippen molar-refractivity contribution in [2.45, 2.75) is 57.2 Å². The summed E-state index contributed by atoms with van der Waals surface area (Å²) in [5, 5.41) is 0.968. The van der Waals surface area contributed by atoms with E-state index >= 15 is 0 Å². The van der Waals surface area contributed by atoms with Gasteiger partial charge < -0.3 is 0 Å². The van der Waals surface area contributed by atoms with Gasteiger partial charge in [-0.1, -0.05) is 25.8 Å². The maximum absolute atomic E-state index is 2.71. The molecule has 2 fully saturated rings. The van der Waals surface area contributed by atoms with Crippen LogP contribution in [-0.4, -0.2) is 46.2 Å². The second kappa shape index (κ2) is 5.28. The summed E-state index contributed by atoms with van der Waals surface area (Å²) >= 11 is 2.12. The van der Waals surface area contributed by atoms with E-state index in [4.69, 9.17) is 0 Å². The maximum Gasteiger partial charge on any atom is 0.0218 e. The van der Waals surface area contributed by atoms with E-state index < -0.39 is 0 Å². The zero-order valence-electron chi connectivity index (χ0n) is 11.0. The van der Waals surface area contributed by atoms with Gasteiger partial charge in [0.2, 0.25) is 0 Å². The Balaban J connectivity index is 1.78. The quantitative estimate of drug-likeness (QED) is 0.684. The Morgan fingerprint density at radius 2 is 1.62 bits per heavy atom. The van der Waals surface area contributed by atoms with Crippen molar-refractivity contribution in [3.63, 3.8) is 0 Å². The van der Waals surface area contributed by atoms with Gasteiger partial charge in [-0.2, -0.15) is 0 Å². The number of hydrogen-bond donors (Lipinski definition) is 0. The summed E-state index contributed by atoms with van der Waals surface area (Å²) in [4.78, 5) is 2.71. The van der Waals surface area contributed by atoms with Gasteiger partial charge in [0, 0.05) is 37.0 Å². The van der Waals surface area contributed by atoms with Gasteiger partial charge >= 0.3 is 0 Å². The molecule has 1 saturated carbocycles. The third-order valence-electron chi connectivity index (χ3n) is 4.35. The van der Waals surface area contributed by atoms with Gasteiger partial charge in [0.25, 0.3) is 0 Å². The van der Waals surface area contributed by atoms with Crippen LogP contribution in [0, 0.1) is 0 Å². The monoisotopic (exact) mass is 242 g/mol. The van der Waals surface area contributed by atoms with Gasteiger partial charge in [-0.05, 0) is 32.6 Å². The molecule has 0 unspecified atom stereocenters. The fraction of sp³-hybridized carbons (Fsp3) is 1.00. The summed E-state index contributed by atoms with van der Waals surface area (Å²) < 4.78 is 2.60. The lowest BCUT2D eigenvalue weighted by atomic mass is 9.92. The molecule has 0 radical (unpaired) electrons. The Bertz CT molecular complexity index is 216. The fourth-order valence-electron chi connectivity index (χ4n) is 2.41. The average molecular weight is 242 g/mol. The minimum atomic E-state index is 0.441. The van der Waals surface area contributed by atoms with E-state index in [2.05, 4.69) is 41.9 Å². The first-order valence-corrected chi connectivity index (χ1v) is 7.68. The van der Waals surface area contributed by atoms with E-state index in [1.165, 1.54) is 51.9 Å². The van der Waals surface area contributed by atoms with Crippen LogP contribution in [0.3, 0.4) is 0 Å². The summed E-state index contributed by atoms with van der Waals surface area (Å²) in [5.74, 6) is 0. The van der Waals surface area contributed by atoms with E-state index in [0.717, 1.165) is 5.25 Å². The van der Waals surface area contributed by atoms with Crippen molar-refractivity contribution in [3.8, 4) is 0 Å². The SMILES string of the molecule is CCC(C)(CC)N1CCN(SC2CC2)CC1. The fourth-order valence-corrected chi connectivity index (χ4v) is 3.56. The smallest absolute Gasteiger partial charge is 0.0218 e. The predicted molar refractivity (Wildman–Crippen MR) is 72.7 cm³/mol. The third-order valence-corrected chi connectivity index (χ3v) is 5.78. The highest BCUT2D eigenvalue weighted by Crippen LogP contribution is 2.37. The van der Waals surface area contributed by atoms with Gasteiger partial charge in [-0.25, -0.2) is 4.31 Å². The third kappa shape index (κ3) is 2.93. The first-order chi connectivity index (χ1) is 7.68. The van der Waals surface area contributed by atoms with Gasteiger partial charge in [0.1, 0.15) is 0 Å². The van der Waals surface area contributed by atoms with Crippen molar-refractivity contribution in [2.24, 2.45) is 0 Å². The van der Waals surface area contributed by atoms with Crippen molar-refractivity contribution in [1.29, 1.82) is 0 Å². The molecule has 0 amide bonds. The molecule has 3 heteroatoms. The molecule has 0 aromatic heterocycles. The lowest BCUT2D eigenvalue weighted by Crippen LogP contribution is -2.54. The largest absolute Gasteiger partial charge is 0.295 e. The summed E-state index contributed by atoms with van der Waals surface area (Å²) in [6.45, 7) is 12.1. The van der Waals surface area contributed by atoms with Crippen LogP contribution in [0.15, 0.2) is 0 Å². The molecule has 1 heterocycles. The molecule has 94 valence electrons. The summed E-state index contributed by atoms with van der Waals surface area (Å²) in [7, 11) is 0. The molecule has 0 bridgehead atoms. The minimum Gasteiger partial charge on any atom is -0.295 e. The normalized spacial score (nSPS) is 24.9. The van der Waals surface area contributed by atoms with E-state index in [-0.39, 0.29) is 0 Å². The van der Waals surface area contributed by atoms with Gasteiger partial charge in [-0.3, -0.25) is 4.90 Å². The molecule has 16 heavy (non-hydrogen) atoms. The molecule has 2 nitrogen and oxygen atoms in total. The van der Waals surface area contributed by atoms with Gasteiger partial charge in [0.15, 0.2) is 0 Å². The highest BCUT2D eigenvalue weighted by Gasteiger charge is 2.33. The van der Waals surface area contributed by atoms with Crippen molar-refractivity contribution in [3.05, 3.63) is 0 Å². The molecule has 0 aromatic rings.